The Hall–Kier alpha value is -0.910. The minimum absolute atomic E-state index is 0.0377. The second-order valence-electron chi connectivity index (χ2n) is 6.11. The van der Waals surface area contributed by atoms with E-state index in [9.17, 15) is 4.79 Å². The van der Waals surface area contributed by atoms with Crippen LogP contribution in [0.15, 0.2) is 11.8 Å². The van der Waals surface area contributed by atoms with Gasteiger partial charge < -0.3 is 20.3 Å². The zero-order valence-electron chi connectivity index (χ0n) is 12.8. The summed E-state index contributed by atoms with van der Waals surface area (Å²) in [5.74, 6) is 0.486. The lowest BCUT2D eigenvalue weighted by atomic mass is 9.79. The lowest BCUT2D eigenvalue weighted by Gasteiger charge is -2.36. The molecule has 5 nitrogen and oxygen atoms in total. The van der Waals surface area contributed by atoms with Crippen molar-refractivity contribution in [1.82, 2.24) is 9.80 Å². The maximum absolute atomic E-state index is 12.0. The van der Waals surface area contributed by atoms with Crippen LogP contribution in [0, 0.1) is 5.92 Å². The van der Waals surface area contributed by atoms with E-state index < -0.39 is 0 Å². The molecule has 0 saturated heterocycles. The van der Waals surface area contributed by atoms with Crippen LogP contribution in [0.3, 0.4) is 0 Å². The standard InChI is InChI=1S/C15H27N3O2/c1-17(2)7-6-11-10-18(15(19)9-16)14-5-4-12(20-3)8-13(11)14/h10,12-14H,4-9,16H2,1-3H3. The van der Waals surface area contributed by atoms with Gasteiger partial charge in [-0.05, 0) is 45.4 Å². The van der Waals surface area contributed by atoms with Crippen molar-refractivity contribution in [2.45, 2.75) is 37.8 Å². The first kappa shape index (κ1) is 15.5. The normalized spacial score (nSPS) is 29.6. The molecule has 0 spiro atoms. The van der Waals surface area contributed by atoms with Crippen LogP contribution >= 0.6 is 0 Å². The molecule has 1 saturated carbocycles. The van der Waals surface area contributed by atoms with E-state index in [-0.39, 0.29) is 12.5 Å². The second kappa shape index (κ2) is 6.70. The van der Waals surface area contributed by atoms with Crippen molar-refractivity contribution in [3.8, 4) is 0 Å². The van der Waals surface area contributed by atoms with Crippen molar-refractivity contribution in [2.75, 3.05) is 34.3 Å². The molecule has 0 aromatic rings. The Morgan fingerprint density at radius 3 is 2.85 bits per heavy atom. The SMILES string of the molecule is COC1CCC2C(C1)C(CCN(C)C)=CN2C(=O)CN. The Morgan fingerprint density at radius 1 is 1.50 bits per heavy atom. The van der Waals surface area contributed by atoms with Crippen LogP contribution in [0.1, 0.15) is 25.7 Å². The number of nitrogens with two attached hydrogens (primary N) is 1. The quantitative estimate of drug-likeness (QED) is 0.810. The first-order chi connectivity index (χ1) is 9.56. The molecule has 2 rings (SSSR count). The van der Waals surface area contributed by atoms with Crippen molar-refractivity contribution in [3.63, 3.8) is 0 Å². The molecule has 114 valence electrons. The van der Waals surface area contributed by atoms with Crippen molar-refractivity contribution >= 4 is 5.91 Å². The zero-order chi connectivity index (χ0) is 14.7. The third kappa shape index (κ3) is 3.22. The average Bonchev–Trinajstić information content (AvgIpc) is 2.82. The zero-order valence-corrected chi connectivity index (χ0v) is 12.8. The summed E-state index contributed by atoms with van der Waals surface area (Å²) in [4.78, 5) is 16.1. The number of methoxy groups -OCH3 is 1. The molecule has 0 radical (unpaired) electrons. The van der Waals surface area contributed by atoms with E-state index in [0.29, 0.717) is 18.1 Å². The largest absolute Gasteiger partial charge is 0.381 e. The van der Waals surface area contributed by atoms with Gasteiger partial charge in [0.1, 0.15) is 0 Å². The number of rotatable bonds is 5. The van der Waals surface area contributed by atoms with E-state index >= 15 is 0 Å². The fourth-order valence-electron chi connectivity index (χ4n) is 3.40. The number of ether oxygens (including phenoxy) is 1. The lowest BCUT2D eigenvalue weighted by Crippen LogP contribution is -2.43. The number of carbonyl (C=O) groups excluding carboxylic acids is 1. The van der Waals surface area contributed by atoms with Crippen LogP contribution in [0.5, 0.6) is 0 Å². The van der Waals surface area contributed by atoms with Crippen LogP contribution in [0.4, 0.5) is 0 Å². The van der Waals surface area contributed by atoms with E-state index in [1.807, 2.05) is 4.90 Å². The van der Waals surface area contributed by atoms with E-state index in [1.165, 1.54) is 5.57 Å². The summed E-state index contributed by atoms with van der Waals surface area (Å²) in [6.45, 7) is 1.10. The van der Waals surface area contributed by atoms with Gasteiger partial charge in [-0.15, -0.1) is 0 Å². The van der Waals surface area contributed by atoms with Crippen LogP contribution < -0.4 is 5.73 Å². The molecule has 0 aromatic carbocycles. The molecule has 1 fully saturated rings. The number of hydrogen-bond donors (Lipinski definition) is 1. The third-order valence-electron chi connectivity index (χ3n) is 4.55. The number of carbonyl (C=O) groups is 1. The van der Waals surface area contributed by atoms with E-state index in [1.54, 1.807) is 7.11 Å². The second-order valence-corrected chi connectivity index (χ2v) is 6.11. The minimum Gasteiger partial charge on any atom is -0.381 e. The molecule has 0 bridgehead atoms. The Morgan fingerprint density at radius 2 is 2.25 bits per heavy atom. The first-order valence-corrected chi connectivity index (χ1v) is 7.46. The Bertz CT molecular complexity index is 381. The fourth-order valence-corrected chi connectivity index (χ4v) is 3.40. The van der Waals surface area contributed by atoms with Crippen molar-refractivity contribution in [3.05, 3.63) is 11.8 Å². The van der Waals surface area contributed by atoms with E-state index in [2.05, 4.69) is 25.2 Å². The highest BCUT2D eigenvalue weighted by atomic mass is 16.5. The van der Waals surface area contributed by atoms with E-state index in [4.69, 9.17) is 10.5 Å². The molecule has 1 heterocycles. The van der Waals surface area contributed by atoms with Crippen LogP contribution in [-0.2, 0) is 9.53 Å². The highest BCUT2D eigenvalue weighted by Crippen LogP contribution is 2.41. The van der Waals surface area contributed by atoms with Crippen LogP contribution in [0.2, 0.25) is 0 Å². The molecule has 3 atom stereocenters. The summed E-state index contributed by atoms with van der Waals surface area (Å²) in [7, 11) is 5.94. The molecule has 1 aliphatic carbocycles. The minimum atomic E-state index is 0.0377. The van der Waals surface area contributed by atoms with Crippen molar-refractivity contribution in [2.24, 2.45) is 11.7 Å². The summed E-state index contributed by atoms with van der Waals surface area (Å²) < 4.78 is 5.53. The molecular weight excluding hydrogens is 254 g/mol. The Labute approximate surface area is 121 Å². The monoisotopic (exact) mass is 281 g/mol. The Kier molecular flexibility index (Phi) is 5.18. The van der Waals surface area contributed by atoms with Gasteiger partial charge >= 0.3 is 0 Å². The maximum Gasteiger partial charge on any atom is 0.240 e. The predicted octanol–water partition coefficient (Wildman–Crippen LogP) is 0.807. The number of amides is 1. The highest BCUT2D eigenvalue weighted by Gasteiger charge is 2.41. The van der Waals surface area contributed by atoms with Gasteiger partial charge in [0, 0.05) is 31.8 Å². The highest BCUT2D eigenvalue weighted by molar-refractivity contribution is 5.80. The number of nitrogens with zero attached hydrogens (tertiary/aromatic N) is 2. The van der Waals surface area contributed by atoms with Gasteiger partial charge in [-0.1, -0.05) is 0 Å². The van der Waals surface area contributed by atoms with Crippen molar-refractivity contribution < 1.29 is 9.53 Å². The van der Waals surface area contributed by atoms with Gasteiger partial charge in [-0.25, -0.2) is 0 Å². The topological polar surface area (TPSA) is 58.8 Å². The van der Waals surface area contributed by atoms with Gasteiger partial charge in [-0.3, -0.25) is 4.79 Å². The summed E-state index contributed by atoms with van der Waals surface area (Å²) in [5, 5.41) is 0. The number of hydrogen-bond acceptors (Lipinski definition) is 4. The predicted molar refractivity (Wildman–Crippen MR) is 79.1 cm³/mol. The Balaban J connectivity index is 2.11. The third-order valence-corrected chi connectivity index (χ3v) is 4.55. The molecule has 0 aromatic heterocycles. The molecular formula is C15H27N3O2. The van der Waals surface area contributed by atoms with Crippen LogP contribution in [0.25, 0.3) is 0 Å². The van der Waals surface area contributed by atoms with Gasteiger partial charge in [0.05, 0.1) is 12.6 Å². The molecule has 2 N–H and O–H groups in total. The van der Waals surface area contributed by atoms with Crippen molar-refractivity contribution in [1.29, 1.82) is 0 Å². The van der Waals surface area contributed by atoms with Crippen LogP contribution in [-0.4, -0.2) is 62.1 Å². The van der Waals surface area contributed by atoms with Gasteiger partial charge in [-0.2, -0.15) is 0 Å². The summed E-state index contributed by atoms with van der Waals surface area (Å²) >= 11 is 0. The molecule has 5 heteroatoms. The lowest BCUT2D eigenvalue weighted by molar-refractivity contribution is -0.129. The smallest absolute Gasteiger partial charge is 0.240 e. The maximum atomic E-state index is 12.0. The van der Waals surface area contributed by atoms with E-state index in [0.717, 1.165) is 32.2 Å². The average molecular weight is 281 g/mol. The van der Waals surface area contributed by atoms with Gasteiger partial charge in [0.15, 0.2) is 0 Å². The summed E-state index contributed by atoms with van der Waals surface area (Å²) in [6.07, 6.45) is 6.46. The fraction of sp³-hybridized carbons (Fsp3) is 0.800. The van der Waals surface area contributed by atoms with Gasteiger partial charge in [0.2, 0.25) is 5.91 Å². The number of fused-ring (bicyclic) bond motifs is 1. The summed E-state index contributed by atoms with van der Waals surface area (Å²) in [5.41, 5.74) is 6.92. The first-order valence-electron chi connectivity index (χ1n) is 7.46. The summed E-state index contributed by atoms with van der Waals surface area (Å²) in [6, 6.07) is 0.301. The molecule has 20 heavy (non-hydrogen) atoms. The molecule has 1 amide bonds. The molecule has 3 unspecified atom stereocenters. The molecule has 1 aliphatic heterocycles. The van der Waals surface area contributed by atoms with Gasteiger partial charge in [0.25, 0.3) is 0 Å². The molecule has 2 aliphatic rings.